The number of amides is 1. The topological polar surface area (TPSA) is 72.5 Å². The Bertz CT molecular complexity index is 584. The minimum atomic E-state index is -3.84. The molecule has 0 aromatic heterocycles. The Morgan fingerprint density at radius 1 is 1.23 bits per heavy atom. The van der Waals surface area contributed by atoms with Crippen LogP contribution in [-0.4, -0.2) is 27.0 Å². The summed E-state index contributed by atoms with van der Waals surface area (Å²) in [5.74, 6) is -1.10. The van der Waals surface area contributed by atoms with Gasteiger partial charge in [-0.2, -0.15) is 0 Å². The number of rotatable bonds is 8. The van der Waals surface area contributed by atoms with Gasteiger partial charge in [0.25, 0.3) is 5.91 Å². The van der Waals surface area contributed by atoms with Crippen molar-refractivity contribution >= 4 is 15.9 Å². The van der Waals surface area contributed by atoms with E-state index in [9.17, 15) is 17.6 Å². The highest BCUT2D eigenvalue weighted by Gasteiger charge is 2.20. The van der Waals surface area contributed by atoms with Gasteiger partial charge < -0.3 is 4.74 Å². The van der Waals surface area contributed by atoms with Crippen molar-refractivity contribution in [1.82, 2.24) is 4.72 Å². The normalized spacial score (nSPS) is 13.1. The van der Waals surface area contributed by atoms with Gasteiger partial charge in [0.05, 0.1) is 5.75 Å². The molecule has 5 nitrogen and oxygen atoms in total. The summed E-state index contributed by atoms with van der Waals surface area (Å²) >= 11 is 0. The second-order valence-electron chi connectivity index (χ2n) is 5.55. The van der Waals surface area contributed by atoms with E-state index >= 15 is 0 Å². The highest BCUT2D eigenvalue weighted by atomic mass is 32.2. The van der Waals surface area contributed by atoms with E-state index in [0.29, 0.717) is 18.1 Å². The molecule has 1 amide bonds. The molecule has 0 bridgehead atoms. The van der Waals surface area contributed by atoms with Crippen LogP contribution in [0.4, 0.5) is 4.39 Å². The van der Waals surface area contributed by atoms with Crippen LogP contribution < -0.4 is 4.72 Å². The van der Waals surface area contributed by atoms with Crippen LogP contribution in [0.1, 0.15) is 32.8 Å². The van der Waals surface area contributed by atoms with E-state index in [4.69, 9.17) is 4.74 Å². The molecule has 0 heterocycles. The summed E-state index contributed by atoms with van der Waals surface area (Å²) in [7, 11) is -3.84. The number of ether oxygens (including phenoxy) is 1. The molecule has 0 aliphatic heterocycles. The van der Waals surface area contributed by atoms with Crippen molar-refractivity contribution < 1.29 is 22.3 Å². The van der Waals surface area contributed by atoms with Crippen molar-refractivity contribution in [3.05, 3.63) is 35.6 Å². The largest absolute Gasteiger partial charge is 0.369 e. The fraction of sp³-hybridized carbons (Fsp3) is 0.533. The molecule has 124 valence electrons. The van der Waals surface area contributed by atoms with Gasteiger partial charge in [0, 0.05) is 6.61 Å². The standard InChI is InChI=1S/C15H22FNO4S/c1-11(2)8-9-21-12(3)15(18)17-22(19,20)10-13-4-6-14(16)7-5-13/h4-7,11-12H,8-10H2,1-3H3,(H,17,18)/t12-/m1/s1. The maximum atomic E-state index is 12.8. The fourth-order valence-corrected chi connectivity index (χ4v) is 2.80. The lowest BCUT2D eigenvalue weighted by Crippen LogP contribution is -2.39. The van der Waals surface area contributed by atoms with Gasteiger partial charge in [-0.15, -0.1) is 0 Å². The summed E-state index contributed by atoms with van der Waals surface area (Å²) in [4.78, 5) is 11.8. The van der Waals surface area contributed by atoms with Crippen molar-refractivity contribution in [3.8, 4) is 0 Å². The molecule has 1 rings (SSSR count). The summed E-state index contributed by atoms with van der Waals surface area (Å²) in [6, 6.07) is 5.07. The summed E-state index contributed by atoms with van der Waals surface area (Å²) in [6.07, 6.45) is -0.0540. The first-order valence-electron chi connectivity index (χ1n) is 7.10. The summed E-state index contributed by atoms with van der Waals surface area (Å²) in [5, 5.41) is 0. The number of benzene rings is 1. The van der Waals surface area contributed by atoms with Crippen LogP contribution in [0.15, 0.2) is 24.3 Å². The van der Waals surface area contributed by atoms with E-state index in [1.165, 1.54) is 31.2 Å². The minimum Gasteiger partial charge on any atom is -0.369 e. The van der Waals surface area contributed by atoms with E-state index < -0.39 is 33.6 Å². The molecule has 1 atom stereocenters. The van der Waals surface area contributed by atoms with Crippen LogP contribution in [0.5, 0.6) is 0 Å². The van der Waals surface area contributed by atoms with Crippen LogP contribution >= 0.6 is 0 Å². The second-order valence-corrected chi connectivity index (χ2v) is 7.27. The minimum absolute atomic E-state index is 0.391. The molecule has 22 heavy (non-hydrogen) atoms. The molecular weight excluding hydrogens is 309 g/mol. The molecule has 0 saturated carbocycles. The summed E-state index contributed by atoms with van der Waals surface area (Å²) < 4.78 is 43.8. The molecule has 7 heteroatoms. The SMILES string of the molecule is CC(C)CCO[C@H](C)C(=O)NS(=O)(=O)Cc1ccc(F)cc1. The maximum Gasteiger partial charge on any atom is 0.262 e. The predicted molar refractivity (Wildman–Crippen MR) is 82.0 cm³/mol. The Morgan fingerprint density at radius 3 is 2.36 bits per heavy atom. The molecule has 0 fully saturated rings. The third kappa shape index (κ3) is 7.00. The lowest BCUT2D eigenvalue weighted by Gasteiger charge is -2.14. The lowest BCUT2D eigenvalue weighted by atomic mass is 10.1. The Hall–Kier alpha value is -1.47. The predicted octanol–water partition coefficient (Wildman–Crippen LogP) is 2.22. The van der Waals surface area contributed by atoms with Crippen molar-refractivity contribution in [2.45, 2.75) is 39.0 Å². The Labute approximate surface area is 130 Å². The quantitative estimate of drug-likeness (QED) is 0.793. The molecule has 1 N–H and O–H groups in total. The maximum absolute atomic E-state index is 12.8. The van der Waals surface area contributed by atoms with Crippen LogP contribution in [0.3, 0.4) is 0 Å². The average Bonchev–Trinajstić information content (AvgIpc) is 2.40. The lowest BCUT2D eigenvalue weighted by molar-refractivity contribution is -0.130. The van der Waals surface area contributed by atoms with Gasteiger partial charge >= 0.3 is 0 Å². The van der Waals surface area contributed by atoms with Gasteiger partial charge in [0.1, 0.15) is 11.9 Å². The van der Waals surface area contributed by atoms with Crippen molar-refractivity contribution in [3.63, 3.8) is 0 Å². The van der Waals surface area contributed by atoms with Gasteiger partial charge in [-0.3, -0.25) is 9.52 Å². The van der Waals surface area contributed by atoms with Crippen LogP contribution in [0.2, 0.25) is 0 Å². The molecule has 0 saturated heterocycles. The third-order valence-corrected chi connectivity index (χ3v) is 4.18. The molecule has 1 aromatic carbocycles. The highest BCUT2D eigenvalue weighted by molar-refractivity contribution is 7.89. The number of halogens is 1. The molecule has 0 aliphatic carbocycles. The van der Waals surface area contributed by atoms with Gasteiger partial charge in [0.2, 0.25) is 10.0 Å². The fourth-order valence-electron chi connectivity index (χ4n) is 1.63. The molecule has 0 unspecified atom stereocenters. The molecule has 0 radical (unpaired) electrons. The Morgan fingerprint density at radius 2 is 1.82 bits per heavy atom. The number of hydrogen-bond donors (Lipinski definition) is 1. The number of carbonyl (C=O) groups is 1. The zero-order valence-corrected chi connectivity index (χ0v) is 13.8. The zero-order chi connectivity index (χ0) is 16.8. The number of carbonyl (C=O) groups excluding carboxylic acids is 1. The number of hydrogen-bond acceptors (Lipinski definition) is 4. The van der Waals surface area contributed by atoms with E-state index in [1.54, 1.807) is 0 Å². The van der Waals surface area contributed by atoms with Gasteiger partial charge in [-0.1, -0.05) is 26.0 Å². The first-order chi connectivity index (χ1) is 10.2. The van der Waals surface area contributed by atoms with E-state index in [2.05, 4.69) is 0 Å². The van der Waals surface area contributed by atoms with Crippen LogP contribution in [0, 0.1) is 11.7 Å². The van der Waals surface area contributed by atoms with Gasteiger partial charge in [-0.05, 0) is 37.0 Å². The third-order valence-electron chi connectivity index (χ3n) is 2.96. The summed E-state index contributed by atoms with van der Waals surface area (Å²) in [5.41, 5.74) is 0.398. The first kappa shape index (κ1) is 18.6. The molecular formula is C15H22FNO4S. The highest BCUT2D eigenvalue weighted by Crippen LogP contribution is 2.07. The van der Waals surface area contributed by atoms with Crippen LogP contribution in [-0.2, 0) is 25.3 Å². The summed E-state index contributed by atoms with van der Waals surface area (Å²) in [6.45, 7) is 5.95. The van der Waals surface area contributed by atoms with E-state index in [0.717, 1.165) is 6.42 Å². The molecule has 0 spiro atoms. The van der Waals surface area contributed by atoms with Crippen LogP contribution in [0.25, 0.3) is 0 Å². The average molecular weight is 331 g/mol. The van der Waals surface area contributed by atoms with Gasteiger partial charge in [-0.25, -0.2) is 12.8 Å². The molecule has 0 aliphatic rings. The molecule has 1 aromatic rings. The first-order valence-corrected chi connectivity index (χ1v) is 8.75. The Balaban J connectivity index is 2.52. The van der Waals surface area contributed by atoms with Crippen molar-refractivity contribution in [1.29, 1.82) is 0 Å². The second kappa shape index (κ2) is 8.24. The number of sulfonamides is 1. The van der Waals surface area contributed by atoms with Crippen molar-refractivity contribution in [2.24, 2.45) is 5.92 Å². The smallest absolute Gasteiger partial charge is 0.262 e. The monoisotopic (exact) mass is 331 g/mol. The van der Waals surface area contributed by atoms with Gasteiger partial charge in [0.15, 0.2) is 0 Å². The van der Waals surface area contributed by atoms with E-state index in [-0.39, 0.29) is 0 Å². The Kier molecular flexibility index (Phi) is 6.96. The van der Waals surface area contributed by atoms with E-state index in [1.807, 2.05) is 18.6 Å². The van der Waals surface area contributed by atoms with Crippen molar-refractivity contribution in [2.75, 3.05) is 6.61 Å². The zero-order valence-electron chi connectivity index (χ0n) is 13.0. The number of nitrogens with one attached hydrogen (secondary N) is 1.